The third kappa shape index (κ3) is 2.68. The van der Waals surface area contributed by atoms with E-state index < -0.39 is 0 Å². The maximum atomic E-state index is 9.15. The van der Waals surface area contributed by atoms with E-state index in [-0.39, 0.29) is 12.4 Å². The average Bonchev–Trinajstić information content (AvgIpc) is 3.19. The van der Waals surface area contributed by atoms with E-state index in [1.165, 1.54) is 0 Å². The Labute approximate surface area is 110 Å². The first-order chi connectivity index (χ1) is 8.67. The second kappa shape index (κ2) is 5.46. The second-order valence-electron chi connectivity index (χ2n) is 4.29. The van der Waals surface area contributed by atoms with E-state index in [0.29, 0.717) is 23.2 Å². The molecule has 0 aliphatic heterocycles. The molecule has 0 unspecified atom stereocenters. The number of hydrogen-bond donors (Lipinski definition) is 3. The van der Waals surface area contributed by atoms with Crippen molar-refractivity contribution < 1.29 is 10.3 Å². The molecule has 2 rings (SSSR count). The monoisotopic (exact) mass is 269 g/mol. The van der Waals surface area contributed by atoms with Gasteiger partial charge in [0.15, 0.2) is 5.84 Å². The fourth-order valence-electron chi connectivity index (χ4n) is 2.01. The molecule has 0 amide bonds. The Balaban J connectivity index is 2.42. The van der Waals surface area contributed by atoms with E-state index in [1.807, 2.05) is 0 Å². The quantitative estimate of drug-likeness (QED) is 0.327. The van der Waals surface area contributed by atoms with Crippen molar-refractivity contribution in [2.24, 2.45) is 10.9 Å². The largest absolute Gasteiger partial charge is 0.409 e. The first-order valence-corrected chi connectivity index (χ1v) is 6.20. The van der Waals surface area contributed by atoms with Crippen LogP contribution in [0.15, 0.2) is 23.4 Å². The van der Waals surface area contributed by atoms with Gasteiger partial charge in [0.05, 0.1) is 6.61 Å². The van der Waals surface area contributed by atoms with E-state index in [2.05, 4.69) is 10.1 Å². The van der Waals surface area contributed by atoms with Gasteiger partial charge in [0.1, 0.15) is 0 Å². The van der Waals surface area contributed by atoms with E-state index in [1.54, 1.807) is 18.2 Å². The van der Waals surface area contributed by atoms with Crippen molar-refractivity contribution in [2.75, 3.05) is 18.1 Å². The number of aliphatic hydroxyl groups excluding tert-OH is 1. The molecule has 1 saturated carbocycles. The summed E-state index contributed by atoms with van der Waals surface area (Å²) >= 11 is 6.00. The third-order valence-electron chi connectivity index (χ3n) is 2.98. The van der Waals surface area contributed by atoms with Crippen LogP contribution >= 0.6 is 11.6 Å². The first kappa shape index (κ1) is 13.0. The number of amidine groups is 1. The Morgan fingerprint density at radius 3 is 2.78 bits per heavy atom. The standard InChI is InChI=1S/C12H16ClN3O2/c13-8-1-4-10(12(14)15-18)11(7-8)16(5-6-17)9-2-3-9/h1,4,7,9,17-18H,2-3,5-6H2,(H2,14,15). The fraction of sp³-hybridized carbons (Fsp3) is 0.417. The van der Waals surface area contributed by atoms with E-state index in [4.69, 9.17) is 27.6 Å². The lowest BCUT2D eigenvalue weighted by Gasteiger charge is -2.26. The smallest absolute Gasteiger partial charge is 0.172 e. The average molecular weight is 270 g/mol. The summed E-state index contributed by atoms with van der Waals surface area (Å²) in [5, 5.41) is 21.6. The summed E-state index contributed by atoms with van der Waals surface area (Å²) in [7, 11) is 0. The van der Waals surface area contributed by atoms with E-state index >= 15 is 0 Å². The molecule has 1 aromatic rings. The Hall–Kier alpha value is -1.46. The minimum absolute atomic E-state index is 0.0465. The van der Waals surface area contributed by atoms with Crippen molar-refractivity contribution >= 4 is 23.1 Å². The number of nitrogens with zero attached hydrogens (tertiary/aromatic N) is 2. The van der Waals surface area contributed by atoms with Gasteiger partial charge in [-0.1, -0.05) is 16.8 Å². The third-order valence-corrected chi connectivity index (χ3v) is 3.22. The van der Waals surface area contributed by atoms with Gasteiger partial charge in [-0.25, -0.2) is 0 Å². The van der Waals surface area contributed by atoms with Gasteiger partial charge in [0, 0.05) is 28.9 Å². The van der Waals surface area contributed by atoms with Crippen molar-refractivity contribution in [3.8, 4) is 0 Å². The molecule has 5 nitrogen and oxygen atoms in total. The minimum atomic E-state index is 0.0465. The zero-order valence-electron chi connectivity index (χ0n) is 9.88. The van der Waals surface area contributed by atoms with Gasteiger partial charge < -0.3 is 20.9 Å². The van der Waals surface area contributed by atoms with Crippen molar-refractivity contribution in [1.29, 1.82) is 0 Å². The molecule has 0 radical (unpaired) electrons. The highest BCUT2D eigenvalue weighted by molar-refractivity contribution is 6.31. The molecule has 6 heteroatoms. The van der Waals surface area contributed by atoms with Gasteiger partial charge in [-0.05, 0) is 31.0 Å². The summed E-state index contributed by atoms with van der Waals surface area (Å²) in [4.78, 5) is 2.05. The SMILES string of the molecule is NC(=NO)c1ccc(Cl)cc1N(CCO)C1CC1. The van der Waals surface area contributed by atoms with Crippen LogP contribution in [0.3, 0.4) is 0 Å². The minimum Gasteiger partial charge on any atom is -0.409 e. The molecule has 1 fully saturated rings. The molecule has 1 aromatic carbocycles. The fourth-order valence-corrected chi connectivity index (χ4v) is 2.17. The summed E-state index contributed by atoms with van der Waals surface area (Å²) < 4.78 is 0. The predicted octanol–water partition coefficient (Wildman–Crippen LogP) is 1.40. The number of benzene rings is 1. The van der Waals surface area contributed by atoms with Gasteiger partial charge in [-0.15, -0.1) is 0 Å². The summed E-state index contributed by atoms with van der Waals surface area (Å²) in [6.45, 7) is 0.565. The highest BCUT2D eigenvalue weighted by Gasteiger charge is 2.30. The van der Waals surface area contributed by atoms with Crippen LogP contribution in [-0.2, 0) is 0 Å². The normalized spacial score (nSPS) is 15.8. The number of halogens is 1. The molecular weight excluding hydrogens is 254 g/mol. The van der Waals surface area contributed by atoms with Crippen LogP contribution in [0.2, 0.25) is 5.02 Å². The number of hydrogen-bond acceptors (Lipinski definition) is 4. The molecule has 18 heavy (non-hydrogen) atoms. The van der Waals surface area contributed by atoms with Crippen LogP contribution in [0.4, 0.5) is 5.69 Å². The number of nitrogens with two attached hydrogens (primary N) is 1. The number of aliphatic hydroxyl groups is 1. The van der Waals surface area contributed by atoms with Crippen LogP contribution in [0.1, 0.15) is 18.4 Å². The van der Waals surface area contributed by atoms with Crippen LogP contribution in [-0.4, -0.2) is 35.3 Å². The maximum absolute atomic E-state index is 9.15. The van der Waals surface area contributed by atoms with E-state index in [9.17, 15) is 0 Å². The molecule has 0 saturated heterocycles. The van der Waals surface area contributed by atoms with Crippen LogP contribution in [0.25, 0.3) is 0 Å². The highest BCUT2D eigenvalue weighted by atomic mass is 35.5. The van der Waals surface area contributed by atoms with Gasteiger partial charge in [-0.2, -0.15) is 0 Å². The molecule has 0 aromatic heterocycles. The maximum Gasteiger partial charge on any atom is 0.172 e. The molecule has 4 N–H and O–H groups in total. The molecule has 0 bridgehead atoms. The summed E-state index contributed by atoms with van der Waals surface area (Å²) in [6, 6.07) is 5.60. The lowest BCUT2D eigenvalue weighted by molar-refractivity contribution is 0.301. The Morgan fingerprint density at radius 1 is 1.50 bits per heavy atom. The molecular formula is C12H16ClN3O2. The first-order valence-electron chi connectivity index (χ1n) is 5.82. The summed E-state index contributed by atoms with van der Waals surface area (Å²) in [5.41, 5.74) is 7.09. The highest BCUT2D eigenvalue weighted by Crippen LogP contribution is 2.34. The summed E-state index contributed by atoms with van der Waals surface area (Å²) in [5.74, 6) is 0.0465. The number of anilines is 1. The Kier molecular flexibility index (Phi) is 3.93. The van der Waals surface area contributed by atoms with Crippen LogP contribution in [0, 0.1) is 0 Å². The molecule has 1 aliphatic rings. The molecule has 0 atom stereocenters. The lowest BCUT2D eigenvalue weighted by Crippen LogP contribution is -2.31. The molecule has 1 aliphatic carbocycles. The summed E-state index contributed by atoms with van der Waals surface area (Å²) in [6.07, 6.45) is 2.17. The van der Waals surface area contributed by atoms with Crippen LogP contribution in [0.5, 0.6) is 0 Å². The van der Waals surface area contributed by atoms with E-state index in [0.717, 1.165) is 18.5 Å². The van der Waals surface area contributed by atoms with Gasteiger partial charge in [0.2, 0.25) is 0 Å². The van der Waals surface area contributed by atoms with Crippen molar-refractivity contribution in [3.63, 3.8) is 0 Å². The second-order valence-corrected chi connectivity index (χ2v) is 4.73. The molecule has 0 heterocycles. The number of oxime groups is 1. The van der Waals surface area contributed by atoms with Gasteiger partial charge in [0.25, 0.3) is 0 Å². The number of rotatable bonds is 5. The predicted molar refractivity (Wildman–Crippen MR) is 71.4 cm³/mol. The van der Waals surface area contributed by atoms with Crippen LogP contribution < -0.4 is 10.6 Å². The van der Waals surface area contributed by atoms with Crippen molar-refractivity contribution in [1.82, 2.24) is 0 Å². The van der Waals surface area contributed by atoms with Gasteiger partial charge >= 0.3 is 0 Å². The zero-order valence-corrected chi connectivity index (χ0v) is 10.6. The topological polar surface area (TPSA) is 82.1 Å². The molecule has 0 spiro atoms. The Bertz CT molecular complexity index is 461. The van der Waals surface area contributed by atoms with Crippen molar-refractivity contribution in [3.05, 3.63) is 28.8 Å². The lowest BCUT2D eigenvalue weighted by atomic mass is 10.1. The zero-order chi connectivity index (χ0) is 13.1. The van der Waals surface area contributed by atoms with Gasteiger partial charge in [-0.3, -0.25) is 0 Å². The van der Waals surface area contributed by atoms with Crippen molar-refractivity contribution in [2.45, 2.75) is 18.9 Å². The molecule has 98 valence electrons. The Morgan fingerprint density at radius 2 is 2.22 bits per heavy atom.